The van der Waals surface area contributed by atoms with Crippen molar-refractivity contribution < 1.29 is 14.3 Å². The van der Waals surface area contributed by atoms with Crippen molar-refractivity contribution in [3.05, 3.63) is 0 Å². The van der Waals surface area contributed by atoms with Crippen LogP contribution in [0.2, 0.25) is 0 Å². The van der Waals surface area contributed by atoms with Gasteiger partial charge in [0.05, 0.1) is 0 Å². The monoisotopic (exact) mass is 196 g/mol. The van der Waals surface area contributed by atoms with Gasteiger partial charge in [0.1, 0.15) is 11.7 Å². The van der Waals surface area contributed by atoms with Crippen molar-refractivity contribution in [3.8, 4) is 0 Å². The number of hydrogen-bond donors (Lipinski definition) is 0. The van der Waals surface area contributed by atoms with E-state index in [4.69, 9.17) is 9.47 Å². The maximum atomic E-state index is 10.8. The van der Waals surface area contributed by atoms with Crippen molar-refractivity contribution in [2.45, 2.75) is 50.7 Å². The van der Waals surface area contributed by atoms with Gasteiger partial charge in [-0.2, -0.15) is 0 Å². The van der Waals surface area contributed by atoms with Crippen LogP contribution in [0.5, 0.6) is 0 Å². The van der Waals surface area contributed by atoms with E-state index in [2.05, 4.69) is 0 Å². The summed E-state index contributed by atoms with van der Waals surface area (Å²) in [5.41, 5.74) is 0.508. The fraction of sp³-hybridized carbons (Fsp3) is 0.909. The molecule has 0 amide bonds. The Balaban J connectivity index is 1.65. The molecule has 2 spiro atoms. The zero-order chi connectivity index (χ0) is 9.81. The molecule has 3 aliphatic rings. The number of hydrogen-bond acceptors (Lipinski definition) is 3. The average molecular weight is 196 g/mol. The molecule has 0 aromatic rings. The topological polar surface area (TPSA) is 35.5 Å². The van der Waals surface area contributed by atoms with E-state index >= 15 is 0 Å². The fourth-order valence-electron chi connectivity index (χ4n) is 2.79. The molecule has 2 atom stereocenters. The van der Waals surface area contributed by atoms with Crippen LogP contribution in [0.3, 0.4) is 0 Å². The zero-order valence-corrected chi connectivity index (χ0v) is 8.54. The number of carbonyl (C=O) groups excluding carboxylic acids is 1. The molecular formula is C11H16O3. The van der Waals surface area contributed by atoms with Crippen molar-refractivity contribution in [1.82, 2.24) is 0 Å². The second kappa shape index (κ2) is 2.51. The first-order valence-electron chi connectivity index (χ1n) is 5.45. The van der Waals surface area contributed by atoms with Crippen LogP contribution in [0.1, 0.15) is 39.0 Å². The summed E-state index contributed by atoms with van der Waals surface area (Å²) in [4.78, 5) is 10.8. The minimum Gasteiger partial charge on any atom is -0.459 e. The molecule has 0 aromatic heterocycles. The lowest BCUT2D eigenvalue weighted by Crippen LogP contribution is -2.32. The first-order valence-corrected chi connectivity index (χ1v) is 5.45. The third-order valence-corrected chi connectivity index (χ3v) is 3.92. The van der Waals surface area contributed by atoms with E-state index in [1.807, 2.05) is 0 Å². The summed E-state index contributed by atoms with van der Waals surface area (Å²) >= 11 is 0. The SMILES string of the molecule is CC(=O)OC1C[C@]12CC1(CCO2)CC1. The van der Waals surface area contributed by atoms with Crippen LogP contribution in [0.25, 0.3) is 0 Å². The molecule has 0 radical (unpaired) electrons. The normalized spacial score (nSPS) is 42.5. The molecule has 2 saturated carbocycles. The highest BCUT2D eigenvalue weighted by Crippen LogP contribution is 2.63. The van der Waals surface area contributed by atoms with Crippen LogP contribution in [0.15, 0.2) is 0 Å². The van der Waals surface area contributed by atoms with Gasteiger partial charge in [-0.1, -0.05) is 0 Å². The van der Waals surface area contributed by atoms with Crippen LogP contribution < -0.4 is 0 Å². The number of rotatable bonds is 1. The Morgan fingerprint density at radius 1 is 1.43 bits per heavy atom. The maximum absolute atomic E-state index is 10.8. The van der Waals surface area contributed by atoms with E-state index in [9.17, 15) is 4.79 Å². The van der Waals surface area contributed by atoms with Crippen molar-refractivity contribution in [1.29, 1.82) is 0 Å². The van der Waals surface area contributed by atoms with Crippen LogP contribution in [-0.2, 0) is 14.3 Å². The van der Waals surface area contributed by atoms with Crippen molar-refractivity contribution in [3.63, 3.8) is 0 Å². The Morgan fingerprint density at radius 2 is 2.21 bits per heavy atom. The molecule has 1 aliphatic heterocycles. The number of ether oxygens (including phenoxy) is 2. The van der Waals surface area contributed by atoms with Crippen LogP contribution in [0, 0.1) is 5.41 Å². The Kier molecular flexibility index (Phi) is 1.56. The van der Waals surface area contributed by atoms with Gasteiger partial charge in [-0.3, -0.25) is 4.79 Å². The first-order chi connectivity index (χ1) is 6.64. The van der Waals surface area contributed by atoms with E-state index < -0.39 is 0 Å². The van der Waals surface area contributed by atoms with E-state index in [-0.39, 0.29) is 17.7 Å². The molecule has 2 aliphatic carbocycles. The predicted molar refractivity (Wildman–Crippen MR) is 49.8 cm³/mol. The number of carbonyl (C=O) groups is 1. The zero-order valence-electron chi connectivity index (χ0n) is 8.54. The van der Waals surface area contributed by atoms with E-state index in [0.717, 1.165) is 19.4 Å². The number of esters is 1. The standard InChI is InChI=1S/C11H16O3/c1-8(12)14-9-6-11(9)7-10(2-3-10)4-5-13-11/h9H,2-7H2,1H3/t9?,11-/m0/s1. The molecule has 3 rings (SSSR count). The summed E-state index contributed by atoms with van der Waals surface area (Å²) in [5, 5.41) is 0. The molecule has 1 heterocycles. The van der Waals surface area contributed by atoms with Gasteiger partial charge in [-0.05, 0) is 31.1 Å². The molecule has 3 nitrogen and oxygen atoms in total. The molecular weight excluding hydrogens is 180 g/mol. The van der Waals surface area contributed by atoms with E-state index in [1.54, 1.807) is 0 Å². The van der Waals surface area contributed by atoms with Crippen LogP contribution in [-0.4, -0.2) is 24.3 Å². The van der Waals surface area contributed by atoms with Gasteiger partial charge < -0.3 is 9.47 Å². The highest BCUT2D eigenvalue weighted by atomic mass is 16.6. The van der Waals surface area contributed by atoms with Gasteiger partial charge >= 0.3 is 5.97 Å². The molecule has 0 aromatic carbocycles. The summed E-state index contributed by atoms with van der Waals surface area (Å²) in [7, 11) is 0. The molecule has 0 N–H and O–H groups in total. The summed E-state index contributed by atoms with van der Waals surface area (Å²) < 4.78 is 11.0. The van der Waals surface area contributed by atoms with Crippen molar-refractivity contribution in [2.75, 3.05) is 6.61 Å². The lowest BCUT2D eigenvalue weighted by atomic mass is 9.91. The molecule has 78 valence electrons. The highest BCUT2D eigenvalue weighted by molar-refractivity contribution is 5.66. The Labute approximate surface area is 83.8 Å². The Morgan fingerprint density at radius 3 is 2.86 bits per heavy atom. The van der Waals surface area contributed by atoms with Gasteiger partial charge in [-0.25, -0.2) is 0 Å². The fourth-order valence-corrected chi connectivity index (χ4v) is 2.79. The van der Waals surface area contributed by atoms with Gasteiger partial charge in [-0.15, -0.1) is 0 Å². The van der Waals surface area contributed by atoms with Crippen LogP contribution >= 0.6 is 0 Å². The molecule has 14 heavy (non-hydrogen) atoms. The Hall–Kier alpha value is -0.570. The van der Waals surface area contributed by atoms with E-state index in [1.165, 1.54) is 26.2 Å². The highest BCUT2D eigenvalue weighted by Gasteiger charge is 2.65. The second-order valence-corrected chi connectivity index (χ2v) is 5.14. The van der Waals surface area contributed by atoms with Crippen molar-refractivity contribution in [2.24, 2.45) is 5.41 Å². The van der Waals surface area contributed by atoms with E-state index in [0.29, 0.717) is 5.41 Å². The van der Waals surface area contributed by atoms with Gasteiger partial charge in [0.25, 0.3) is 0 Å². The van der Waals surface area contributed by atoms with Crippen molar-refractivity contribution >= 4 is 5.97 Å². The largest absolute Gasteiger partial charge is 0.459 e. The minimum atomic E-state index is -0.175. The summed E-state index contributed by atoms with van der Waals surface area (Å²) in [6.45, 7) is 2.33. The van der Waals surface area contributed by atoms with Gasteiger partial charge in [0.15, 0.2) is 0 Å². The summed E-state index contributed by atoms with van der Waals surface area (Å²) in [6, 6.07) is 0. The molecule has 0 bridgehead atoms. The maximum Gasteiger partial charge on any atom is 0.303 e. The van der Waals surface area contributed by atoms with Gasteiger partial charge in [0, 0.05) is 20.0 Å². The Bertz CT molecular complexity index is 282. The smallest absolute Gasteiger partial charge is 0.303 e. The minimum absolute atomic E-state index is 0.0535. The lowest BCUT2D eigenvalue weighted by molar-refractivity contribution is -0.148. The van der Waals surface area contributed by atoms with Gasteiger partial charge in [0.2, 0.25) is 0 Å². The predicted octanol–water partition coefficient (Wildman–Crippen LogP) is 1.65. The first kappa shape index (κ1) is 8.72. The summed E-state index contributed by atoms with van der Waals surface area (Å²) in [6.07, 6.45) is 6.02. The quantitative estimate of drug-likeness (QED) is 0.598. The third kappa shape index (κ3) is 1.26. The van der Waals surface area contributed by atoms with Crippen LogP contribution in [0.4, 0.5) is 0 Å². The third-order valence-electron chi connectivity index (χ3n) is 3.92. The second-order valence-electron chi connectivity index (χ2n) is 5.14. The molecule has 1 unspecified atom stereocenters. The summed E-state index contributed by atoms with van der Waals surface area (Å²) in [5.74, 6) is -0.175. The molecule has 3 heteroatoms. The molecule has 1 saturated heterocycles. The molecule has 3 fully saturated rings. The lowest BCUT2D eigenvalue weighted by Gasteiger charge is -2.30. The average Bonchev–Trinajstić information content (AvgIpc) is 2.95.